The van der Waals surface area contributed by atoms with Crippen LogP contribution in [0.3, 0.4) is 0 Å². The normalized spacial score (nSPS) is 10.3. The minimum absolute atomic E-state index is 0.0407. The summed E-state index contributed by atoms with van der Waals surface area (Å²) in [6.07, 6.45) is 1.15. The molecular weight excluding hydrogens is 353 g/mol. The van der Waals surface area contributed by atoms with E-state index >= 15 is 0 Å². The summed E-state index contributed by atoms with van der Waals surface area (Å²) in [5.41, 5.74) is 0.171. The van der Waals surface area contributed by atoms with Crippen molar-refractivity contribution in [3.8, 4) is 5.75 Å². The van der Waals surface area contributed by atoms with Crippen molar-refractivity contribution in [3.63, 3.8) is 0 Å². The molecule has 0 fully saturated rings. The highest BCUT2D eigenvalue weighted by Gasteiger charge is 2.24. The third-order valence-electron chi connectivity index (χ3n) is 3.57. The summed E-state index contributed by atoms with van der Waals surface area (Å²) < 4.78 is 19.4. The lowest BCUT2D eigenvalue weighted by molar-refractivity contribution is -0.383. The molecule has 0 bridgehead atoms. The Labute approximate surface area is 154 Å². The standard InChI is InChI=1S/C18H16FN5O3/c1-2-27-15-10-6-5-9-14(15)23-18-16(24(25)26)17(20-11-21-18)22-13-8-4-3-7-12(13)19/h3-11H,2H2,1H3,(H2,20,21,22,23). The van der Waals surface area contributed by atoms with E-state index in [2.05, 4.69) is 20.6 Å². The number of anilines is 4. The maximum Gasteiger partial charge on any atom is 0.353 e. The fourth-order valence-electron chi connectivity index (χ4n) is 2.40. The molecule has 8 nitrogen and oxygen atoms in total. The van der Waals surface area contributed by atoms with Gasteiger partial charge in [0, 0.05) is 0 Å². The van der Waals surface area contributed by atoms with E-state index in [1.807, 2.05) is 6.92 Å². The molecule has 27 heavy (non-hydrogen) atoms. The molecule has 0 aliphatic rings. The summed E-state index contributed by atoms with van der Waals surface area (Å²) in [7, 11) is 0. The van der Waals surface area contributed by atoms with Gasteiger partial charge in [-0.05, 0) is 31.2 Å². The zero-order valence-corrected chi connectivity index (χ0v) is 14.3. The van der Waals surface area contributed by atoms with Gasteiger partial charge in [0.05, 0.1) is 22.9 Å². The highest BCUT2D eigenvalue weighted by Crippen LogP contribution is 2.35. The lowest BCUT2D eigenvalue weighted by Gasteiger charge is -2.13. The Morgan fingerprint density at radius 3 is 2.26 bits per heavy atom. The van der Waals surface area contributed by atoms with Gasteiger partial charge in [-0.25, -0.2) is 14.4 Å². The van der Waals surface area contributed by atoms with Crippen molar-refractivity contribution in [2.24, 2.45) is 0 Å². The maximum absolute atomic E-state index is 13.9. The molecule has 2 aromatic carbocycles. The van der Waals surface area contributed by atoms with E-state index in [9.17, 15) is 14.5 Å². The van der Waals surface area contributed by atoms with Crippen LogP contribution in [0.5, 0.6) is 5.75 Å². The first kappa shape index (κ1) is 18.1. The summed E-state index contributed by atoms with van der Waals surface area (Å²) >= 11 is 0. The minimum atomic E-state index is -0.630. The van der Waals surface area contributed by atoms with E-state index in [1.165, 1.54) is 18.2 Å². The molecule has 0 amide bonds. The molecular formula is C18H16FN5O3. The fraction of sp³-hybridized carbons (Fsp3) is 0.111. The molecule has 3 aromatic rings. The number of hydrogen-bond donors (Lipinski definition) is 2. The van der Waals surface area contributed by atoms with Crippen molar-refractivity contribution in [3.05, 3.63) is 70.8 Å². The van der Waals surface area contributed by atoms with Gasteiger partial charge >= 0.3 is 5.69 Å². The van der Waals surface area contributed by atoms with Gasteiger partial charge in [-0.1, -0.05) is 24.3 Å². The van der Waals surface area contributed by atoms with E-state index in [1.54, 1.807) is 30.3 Å². The van der Waals surface area contributed by atoms with E-state index in [-0.39, 0.29) is 17.3 Å². The first-order valence-corrected chi connectivity index (χ1v) is 8.10. The van der Waals surface area contributed by atoms with Gasteiger partial charge in [0.15, 0.2) is 0 Å². The lowest BCUT2D eigenvalue weighted by Crippen LogP contribution is -2.07. The molecule has 0 aliphatic carbocycles. The topological polar surface area (TPSA) is 102 Å². The van der Waals surface area contributed by atoms with Crippen LogP contribution in [0.1, 0.15) is 6.92 Å². The molecule has 0 radical (unpaired) electrons. The number of nitrogens with one attached hydrogen (secondary N) is 2. The Kier molecular flexibility index (Phi) is 5.41. The van der Waals surface area contributed by atoms with E-state index in [0.717, 1.165) is 6.33 Å². The van der Waals surface area contributed by atoms with Crippen LogP contribution in [0.15, 0.2) is 54.9 Å². The number of rotatable bonds is 7. The highest BCUT2D eigenvalue weighted by molar-refractivity contribution is 5.78. The van der Waals surface area contributed by atoms with Crippen LogP contribution in [0.4, 0.5) is 33.1 Å². The molecule has 3 rings (SSSR count). The minimum Gasteiger partial charge on any atom is -0.492 e. The number of hydrogen-bond acceptors (Lipinski definition) is 7. The Morgan fingerprint density at radius 1 is 1.04 bits per heavy atom. The van der Waals surface area contributed by atoms with Crippen molar-refractivity contribution in [1.82, 2.24) is 9.97 Å². The number of aromatic nitrogens is 2. The first-order chi connectivity index (χ1) is 13.1. The van der Waals surface area contributed by atoms with Gasteiger partial charge in [-0.3, -0.25) is 10.1 Å². The fourth-order valence-corrected chi connectivity index (χ4v) is 2.40. The Balaban J connectivity index is 2.00. The van der Waals surface area contributed by atoms with Gasteiger partial charge in [0.2, 0.25) is 11.6 Å². The zero-order valence-electron chi connectivity index (χ0n) is 14.3. The van der Waals surface area contributed by atoms with Crippen LogP contribution < -0.4 is 15.4 Å². The van der Waals surface area contributed by atoms with Crippen LogP contribution in [-0.4, -0.2) is 21.5 Å². The predicted molar refractivity (Wildman–Crippen MR) is 99.3 cm³/mol. The number of ether oxygens (including phenoxy) is 1. The number of nitro groups is 1. The SMILES string of the molecule is CCOc1ccccc1Nc1ncnc(Nc2ccccc2F)c1[N+](=O)[O-]. The summed E-state index contributed by atoms with van der Waals surface area (Å²) in [5.74, 6) is -0.199. The van der Waals surface area contributed by atoms with E-state index < -0.39 is 16.4 Å². The zero-order chi connectivity index (χ0) is 19.2. The third kappa shape index (κ3) is 4.09. The smallest absolute Gasteiger partial charge is 0.353 e. The second-order valence-corrected chi connectivity index (χ2v) is 5.34. The molecule has 0 saturated heterocycles. The largest absolute Gasteiger partial charge is 0.492 e. The van der Waals surface area contributed by atoms with Gasteiger partial charge in [0.25, 0.3) is 0 Å². The Hall–Kier alpha value is -3.75. The molecule has 2 N–H and O–H groups in total. The van der Waals surface area contributed by atoms with Crippen LogP contribution in [0, 0.1) is 15.9 Å². The molecule has 138 valence electrons. The van der Waals surface area contributed by atoms with Gasteiger partial charge < -0.3 is 15.4 Å². The van der Waals surface area contributed by atoms with Crippen LogP contribution >= 0.6 is 0 Å². The van der Waals surface area contributed by atoms with Crippen LogP contribution in [0.2, 0.25) is 0 Å². The van der Waals surface area contributed by atoms with Crippen LogP contribution in [0.25, 0.3) is 0 Å². The monoisotopic (exact) mass is 369 g/mol. The second kappa shape index (κ2) is 8.09. The number of benzene rings is 2. The van der Waals surface area contributed by atoms with E-state index in [0.29, 0.717) is 18.0 Å². The number of halogens is 1. The van der Waals surface area contributed by atoms with Crippen molar-refractivity contribution in [2.45, 2.75) is 6.92 Å². The first-order valence-electron chi connectivity index (χ1n) is 8.10. The quantitative estimate of drug-likeness (QED) is 0.470. The number of nitrogens with zero attached hydrogens (tertiary/aromatic N) is 3. The summed E-state index contributed by atoms with van der Waals surface area (Å²) in [6.45, 7) is 2.27. The second-order valence-electron chi connectivity index (χ2n) is 5.34. The van der Waals surface area contributed by atoms with E-state index in [4.69, 9.17) is 4.74 Å². The molecule has 9 heteroatoms. The highest BCUT2D eigenvalue weighted by atomic mass is 19.1. The average Bonchev–Trinajstić information content (AvgIpc) is 2.65. The number of para-hydroxylation sites is 3. The molecule has 1 aromatic heterocycles. The van der Waals surface area contributed by atoms with Gasteiger partial charge in [0.1, 0.15) is 17.9 Å². The lowest BCUT2D eigenvalue weighted by atomic mass is 10.2. The van der Waals surface area contributed by atoms with Crippen molar-refractivity contribution in [2.75, 3.05) is 17.2 Å². The average molecular weight is 369 g/mol. The summed E-state index contributed by atoms with van der Waals surface area (Å²) in [6, 6.07) is 12.8. The molecule has 1 heterocycles. The third-order valence-corrected chi connectivity index (χ3v) is 3.57. The van der Waals surface area contributed by atoms with Crippen molar-refractivity contribution >= 4 is 28.7 Å². The Morgan fingerprint density at radius 2 is 1.63 bits per heavy atom. The maximum atomic E-state index is 13.9. The molecule has 0 spiro atoms. The van der Waals surface area contributed by atoms with Crippen LogP contribution in [-0.2, 0) is 0 Å². The van der Waals surface area contributed by atoms with Crippen molar-refractivity contribution in [1.29, 1.82) is 0 Å². The van der Waals surface area contributed by atoms with Crippen molar-refractivity contribution < 1.29 is 14.1 Å². The molecule has 0 aliphatic heterocycles. The predicted octanol–water partition coefficient (Wildman–Crippen LogP) is 4.41. The molecule has 0 atom stereocenters. The molecule has 0 saturated carbocycles. The summed E-state index contributed by atoms with van der Waals surface area (Å²) in [4.78, 5) is 18.9. The van der Waals surface area contributed by atoms with Gasteiger partial charge in [-0.2, -0.15) is 0 Å². The summed E-state index contributed by atoms with van der Waals surface area (Å²) in [5, 5.41) is 17.2. The Bertz CT molecular complexity index is 967. The van der Waals surface area contributed by atoms with Gasteiger partial charge in [-0.15, -0.1) is 0 Å². The molecule has 0 unspecified atom stereocenters.